The normalized spacial score (nSPS) is 11.9. The van der Waals surface area contributed by atoms with Crippen molar-refractivity contribution in [2.75, 3.05) is 0 Å². The van der Waals surface area contributed by atoms with Crippen LogP contribution < -0.4 is 0 Å². The Bertz CT molecular complexity index is 1250. The molecule has 0 spiro atoms. The van der Waals surface area contributed by atoms with Crippen molar-refractivity contribution in [1.82, 2.24) is 0 Å². The quantitative estimate of drug-likeness (QED) is 0.215. The Morgan fingerprint density at radius 1 is 0.667 bits per heavy atom. The van der Waals surface area contributed by atoms with Gasteiger partial charge in [0.1, 0.15) is 0 Å². The summed E-state index contributed by atoms with van der Waals surface area (Å²) in [6.07, 6.45) is 6.41. The van der Waals surface area contributed by atoms with E-state index < -0.39 is 0 Å². The van der Waals surface area contributed by atoms with Crippen LogP contribution in [0.1, 0.15) is 38.2 Å². The monoisotopic (exact) mass is 368 g/mol. The number of fused-ring (bicyclic) bond motifs is 5. The van der Waals surface area contributed by atoms with Gasteiger partial charge in [-0.3, -0.25) is 0 Å². The van der Waals surface area contributed by atoms with Gasteiger partial charge in [0.2, 0.25) is 0 Å². The molecule has 27 heavy (non-hydrogen) atoms. The Balaban J connectivity index is 1.81. The zero-order valence-electron chi connectivity index (χ0n) is 15.8. The van der Waals surface area contributed by atoms with Crippen molar-refractivity contribution in [3.05, 3.63) is 72.3 Å². The van der Waals surface area contributed by atoms with Crippen molar-refractivity contribution < 1.29 is 0 Å². The van der Waals surface area contributed by atoms with Crippen molar-refractivity contribution in [3.8, 4) is 0 Å². The maximum atomic E-state index is 2.42. The first-order valence-corrected chi connectivity index (χ1v) is 10.9. The molecule has 0 saturated heterocycles. The molecule has 0 aliphatic rings. The Kier molecular flexibility index (Phi) is 4.33. The summed E-state index contributed by atoms with van der Waals surface area (Å²) in [6, 6.07) is 24.8. The minimum Gasteiger partial charge on any atom is -0.135 e. The van der Waals surface area contributed by atoms with Crippen molar-refractivity contribution >= 4 is 53.1 Å². The lowest BCUT2D eigenvalue weighted by Crippen LogP contribution is -1.90. The minimum atomic E-state index is 1.18. The highest BCUT2D eigenvalue weighted by atomic mass is 32.1. The molecule has 0 radical (unpaired) electrons. The highest BCUT2D eigenvalue weighted by Gasteiger charge is 2.13. The van der Waals surface area contributed by atoms with Gasteiger partial charge in [-0.25, -0.2) is 0 Å². The van der Waals surface area contributed by atoms with E-state index in [4.69, 9.17) is 0 Å². The number of hydrogen-bond acceptors (Lipinski definition) is 1. The summed E-state index contributed by atoms with van der Waals surface area (Å²) in [5, 5.41) is 8.35. The lowest BCUT2D eigenvalue weighted by molar-refractivity contribution is 0.670. The van der Waals surface area contributed by atoms with Crippen LogP contribution >= 0.6 is 11.3 Å². The topological polar surface area (TPSA) is 0 Å². The molecule has 0 N–H and O–H groups in total. The molecule has 0 aliphatic heterocycles. The number of unbranched alkanes of at least 4 members (excludes halogenated alkanes) is 3. The predicted octanol–water partition coefficient (Wildman–Crippen LogP) is 8.48. The van der Waals surface area contributed by atoms with E-state index in [0.717, 1.165) is 0 Å². The molecule has 0 fully saturated rings. The molecule has 0 nitrogen and oxygen atoms in total. The summed E-state index contributed by atoms with van der Waals surface area (Å²) in [4.78, 5) is 0. The molecule has 4 aromatic carbocycles. The van der Waals surface area contributed by atoms with E-state index in [-0.39, 0.29) is 0 Å². The average Bonchev–Trinajstić information content (AvgIpc) is 3.07. The molecule has 0 aliphatic carbocycles. The van der Waals surface area contributed by atoms with Crippen LogP contribution in [0, 0.1) is 0 Å². The van der Waals surface area contributed by atoms with Gasteiger partial charge in [-0.15, -0.1) is 11.3 Å². The molecule has 1 heteroatoms. The second kappa shape index (κ2) is 6.98. The van der Waals surface area contributed by atoms with E-state index in [1.165, 1.54) is 73.8 Å². The SMILES string of the molecule is CCCCCCc1c2cc3ccccc3cc2cc2c1sc1ccccc12. The van der Waals surface area contributed by atoms with E-state index in [1.54, 1.807) is 5.56 Å². The van der Waals surface area contributed by atoms with Gasteiger partial charge >= 0.3 is 0 Å². The third kappa shape index (κ3) is 2.91. The summed E-state index contributed by atoms with van der Waals surface area (Å²) in [7, 11) is 0. The fourth-order valence-corrected chi connectivity index (χ4v) is 5.59. The summed E-state index contributed by atoms with van der Waals surface area (Å²) < 4.78 is 2.90. The number of aryl methyl sites for hydroxylation is 1. The fraction of sp³-hybridized carbons (Fsp3) is 0.231. The lowest BCUT2D eigenvalue weighted by Gasteiger charge is -2.11. The van der Waals surface area contributed by atoms with E-state index >= 15 is 0 Å². The Morgan fingerprint density at radius 3 is 2.26 bits per heavy atom. The third-order valence-electron chi connectivity index (χ3n) is 5.73. The molecule has 0 bridgehead atoms. The molecule has 5 aromatic rings. The first-order chi connectivity index (χ1) is 13.3. The van der Waals surface area contributed by atoms with Gasteiger partial charge < -0.3 is 0 Å². The van der Waals surface area contributed by atoms with E-state index in [0.29, 0.717) is 0 Å². The molecular weight excluding hydrogens is 344 g/mol. The van der Waals surface area contributed by atoms with Crippen LogP contribution in [0.2, 0.25) is 0 Å². The second-order valence-electron chi connectivity index (χ2n) is 7.56. The summed E-state index contributed by atoms with van der Waals surface area (Å²) >= 11 is 1.97. The van der Waals surface area contributed by atoms with Crippen molar-refractivity contribution in [2.45, 2.75) is 39.0 Å². The maximum absolute atomic E-state index is 2.42. The number of benzene rings is 4. The third-order valence-corrected chi connectivity index (χ3v) is 6.98. The first kappa shape index (κ1) is 16.8. The minimum absolute atomic E-state index is 1.18. The van der Waals surface area contributed by atoms with Crippen molar-refractivity contribution in [1.29, 1.82) is 0 Å². The van der Waals surface area contributed by atoms with Crippen LogP contribution in [-0.4, -0.2) is 0 Å². The molecule has 0 atom stereocenters. The van der Waals surface area contributed by atoms with Crippen LogP contribution in [0.3, 0.4) is 0 Å². The first-order valence-electron chi connectivity index (χ1n) is 10.1. The van der Waals surface area contributed by atoms with E-state index in [2.05, 4.69) is 73.7 Å². The maximum Gasteiger partial charge on any atom is 0.0393 e. The largest absolute Gasteiger partial charge is 0.135 e. The molecule has 0 unspecified atom stereocenters. The number of rotatable bonds is 5. The van der Waals surface area contributed by atoms with Crippen LogP contribution in [0.5, 0.6) is 0 Å². The van der Waals surface area contributed by atoms with Crippen LogP contribution in [0.4, 0.5) is 0 Å². The second-order valence-corrected chi connectivity index (χ2v) is 8.61. The Hall–Kier alpha value is -2.38. The molecular formula is C26H24S. The van der Waals surface area contributed by atoms with Gasteiger partial charge in [-0.1, -0.05) is 68.7 Å². The zero-order valence-corrected chi connectivity index (χ0v) is 16.6. The zero-order chi connectivity index (χ0) is 18.2. The summed E-state index contributed by atoms with van der Waals surface area (Å²) in [5.41, 5.74) is 1.56. The van der Waals surface area contributed by atoms with Crippen molar-refractivity contribution in [2.24, 2.45) is 0 Å². The summed E-state index contributed by atoms with van der Waals surface area (Å²) in [6.45, 7) is 2.29. The van der Waals surface area contributed by atoms with E-state index in [1.807, 2.05) is 11.3 Å². The van der Waals surface area contributed by atoms with Crippen LogP contribution in [-0.2, 0) is 6.42 Å². The van der Waals surface area contributed by atoms with Gasteiger partial charge in [0.15, 0.2) is 0 Å². The molecule has 1 heterocycles. The molecule has 5 rings (SSSR count). The van der Waals surface area contributed by atoms with Gasteiger partial charge in [-0.2, -0.15) is 0 Å². The predicted molar refractivity (Wildman–Crippen MR) is 122 cm³/mol. The average molecular weight is 369 g/mol. The summed E-state index contributed by atoms with van der Waals surface area (Å²) in [5.74, 6) is 0. The van der Waals surface area contributed by atoms with Gasteiger partial charge in [-0.05, 0) is 64.2 Å². The molecule has 134 valence electrons. The van der Waals surface area contributed by atoms with Crippen LogP contribution in [0.15, 0.2) is 66.7 Å². The fourth-order valence-electron chi connectivity index (χ4n) is 4.33. The molecule has 0 saturated carbocycles. The number of hydrogen-bond donors (Lipinski definition) is 0. The highest BCUT2D eigenvalue weighted by Crippen LogP contribution is 2.41. The molecule has 0 amide bonds. The van der Waals surface area contributed by atoms with Gasteiger partial charge in [0, 0.05) is 20.2 Å². The Labute approximate surface area is 164 Å². The molecule has 1 aromatic heterocycles. The Morgan fingerprint density at radius 2 is 1.41 bits per heavy atom. The van der Waals surface area contributed by atoms with Crippen molar-refractivity contribution in [3.63, 3.8) is 0 Å². The number of thiophene rings is 1. The van der Waals surface area contributed by atoms with Crippen LogP contribution in [0.25, 0.3) is 41.7 Å². The lowest BCUT2D eigenvalue weighted by atomic mass is 9.94. The van der Waals surface area contributed by atoms with E-state index in [9.17, 15) is 0 Å². The van der Waals surface area contributed by atoms with Gasteiger partial charge in [0.25, 0.3) is 0 Å². The standard InChI is InChI=1S/C26H24S/c1-2-3-4-5-13-22-23-16-19-11-7-6-10-18(19)15-20(23)17-24-21-12-8-9-14-25(21)27-26(22)24/h6-12,14-17H,2-5,13H2,1H3. The highest BCUT2D eigenvalue weighted by molar-refractivity contribution is 7.26. The van der Waals surface area contributed by atoms with Gasteiger partial charge in [0.05, 0.1) is 0 Å². The smallest absolute Gasteiger partial charge is 0.0393 e.